The Labute approximate surface area is 431 Å². The minimum atomic E-state index is -1.39. The Morgan fingerprint density at radius 1 is 0.931 bits per heavy atom. The van der Waals surface area contributed by atoms with Crippen LogP contribution in [-0.4, -0.2) is 81.2 Å². The average molecular weight is 1010 g/mol. The fourth-order valence-electron chi connectivity index (χ4n) is 11.6. The van der Waals surface area contributed by atoms with Crippen LogP contribution in [0.1, 0.15) is 108 Å². The molecule has 0 amide bonds. The maximum atomic E-state index is 16.1. The normalized spacial score (nSPS) is 21.9. The number of hydrogen-bond acceptors (Lipinski definition) is 12. The van der Waals surface area contributed by atoms with Gasteiger partial charge in [0.25, 0.3) is 0 Å². The van der Waals surface area contributed by atoms with Crippen LogP contribution in [0.4, 0.5) is 0 Å². The minimum absolute atomic E-state index is 0.0306. The van der Waals surface area contributed by atoms with Crippen molar-refractivity contribution >= 4 is 38.1 Å². The van der Waals surface area contributed by atoms with Gasteiger partial charge in [-0.1, -0.05) is 115 Å². The van der Waals surface area contributed by atoms with Crippen molar-refractivity contribution in [2.45, 2.75) is 112 Å². The van der Waals surface area contributed by atoms with Gasteiger partial charge in [0.1, 0.15) is 18.3 Å². The first kappa shape index (κ1) is 51.5. The number of aromatic hydroxyl groups is 3. The van der Waals surface area contributed by atoms with E-state index >= 15 is 4.79 Å². The molecular formula is C59H69N3O8S2. The van der Waals surface area contributed by atoms with Gasteiger partial charge in [-0.3, -0.25) is 10.1 Å². The van der Waals surface area contributed by atoms with Crippen molar-refractivity contribution in [3.8, 4) is 28.7 Å². The van der Waals surface area contributed by atoms with Gasteiger partial charge in [0, 0.05) is 54.2 Å². The molecule has 0 bridgehead atoms. The van der Waals surface area contributed by atoms with Crippen LogP contribution < -0.4 is 20.1 Å². The summed E-state index contributed by atoms with van der Waals surface area (Å²) in [5.41, 5.74) is 5.27. The molecule has 5 aromatic carbocycles. The monoisotopic (exact) mass is 1010 g/mol. The van der Waals surface area contributed by atoms with E-state index in [2.05, 4.69) is 52.9 Å². The number of hydrogen-bond donors (Lipinski definition) is 8. The summed E-state index contributed by atoms with van der Waals surface area (Å²) in [6.07, 6.45) is 13.6. The van der Waals surface area contributed by atoms with E-state index in [1.54, 1.807) is 32.2 Å². The average Bonchev–Trinajstić information content (AvgIpc) is 3.83. The molecule has 0 saturated heterocycles. The fourth-order valence-corrected chi connectivity index (χ4v) is 14.6. The van der Waals surface area contributed by atoms with E-state index in [9.17, 15) is 25.5 Å². The number of phenolic OH excluding ortho intramolecular Hbond substituents is 3. The molecule has 2 aliphatic carbocycles. The first-order valence-electron chi connectivity index (χ1n) is 25.4. The maximum Gasteiger partial charge on any atom is 0.167 e. The number of rotatable bonds is 15. The van der Waals surface area contributed by atoms with Gasteiger partial charge in [-0.05, 0) is 138 Å². The summed E-state index contributed by atoms with van der Waals surface area (Å²) in [6.45, 7) is 4.26. The van der Waals surface area contributed by atoms with Gasteiger partial charge in [0.2, 0.25) is 0 Å². The summed E-state index contributed by atoms with van der Waals surface area (Å²) in [7, 11) is 6.58. The molecule has 1 aliphatic heterocycles. The van der Waals surface area contributed by atoms with Gasteiger partial charge in [-0.25, -0.2) is 0 Å². The molecule has 6 aromatic rings. The number of benzene rings is 5. The molecule has 1 aromatic heterocycles. The number of aromatic nitrogens is 1. The van der Waals surface area contributed by atoms with Gasteiger partial charge in [0.05, 0.1) is 29.5 Å². The Bertz CT molecular complexity index is 2910. The number of aliphatic hydroxyl groups excluding tert-OH is 1. The van der Waals surface area contributed by atoms with Crippen LogP contribution in [0.3, 0.4) is 0 Å². The molecule has 1 fully saturated rings. The van der Waals surface area contributed by atoms with Crippen molar-refractivity contribution in [3.63, 3.8) is 0 Å². The van der Waals surface area contributed by atoms with Crippen LogP contribution in [0.2, 0.25) is 0 Å². The van der Waals surface area contributed by atoms with E-state index < -0.39 is 33.8 Å². The van der Waals surface area contributed by atoms with Crippen LogP contribution in [0, 0.1) is 5.92 Å². The van der Waals surface area contributed by atoms with E-state index in [0.717, 1.165) is 88.2 Å². The second kappa shape index (κ2) is 22.0. The molecule has 1 saturated carbocycles. The quantitative estimate of drug-likeness (QED) is 0.0362. The second-order valence-corrected chi connectivity index (χ2v) is 22.9. The van der Waals surface area contributed by atoms with Crippen LogP contribution in [0.15, 0.2) is 109 Å². The Balaban J connectivity index is 1.15. The van der Waals surface area contributed by atoms with E-state index in [1.807, 2.05) is 68.0 Å². The second-order valence-electron chi connectivity index (χ2n) is 20.4. The number of methoxy groups -OCH3 is 1. The van der Waals surface area contributed by atoms with Gasteiger partial charge < -0.3 is 45.3 Å². The number of carbonyl (C=O) groups is 1. The lowest BCUT2D eigenvalue weighted by Gasteiger charge is -2.39. The molecule has 2 heterocycles. The molecule has 8 N–H and O–H groups in total. The van der Waals surface area contributed by atoms with E-state index in [0.29, 0.717) is 48.6 Å². The topological polar surface area (TPSA) is 177 Å². The lowest BCUT2D eigenvalue weighted by atomic mass is 9.68. The number of aryl methyl sites for hydroxylation is 1. The minimum Gasteiger partial charge on any atom is -0.508 e. The number of ketones is 1. The number of aliphatic hydroxyl groups is 2. The zero-order chi connectivity index (χ0) is 50.6. The van der Waals surface area contributed by atoms with E-state index in [4.69, 9.17) is 9.47 Å². The number of fused-ring (bicyclic) bond motifs is 1. The number of aromatic amines is 1. The van der Waals surface area contributed by atoms with Gasteiger partial charge in [-0.2, -0.15) is 0 Å². The summed E-state index contributed by atoms with van der Waals surface area (Å²) >= 11 is 0. The third-order valence-corrected chi connectivity index (χ3v) is 18.5. The predicted molar refractivity (Wildman–Crippen MR) is 290 cm³/mol. The van der Waals surface area contributed by atoms with Crippen LogP contribution in [0.5, 0.6) is 28.7 Å². The SMILES string of the molecule is CCc1ccc2ccccc2c1Cc1c(CC(Cc2cc[nH]c2)C(O)CC(=O)C2(c3cc(O)cc(C4(NC)CCCCC4)c3)C=CC3SSCC(C)(O)CNCOc4c(O)ccc(c43)C2)ccc(O)c1OC. The Morgan fingerprint density at radius 3 is 2.47 bits per heavy atom. The maximum absolute atomic E-state index is 16.1. The molecule has 0 spiro atoms. The summed E-state index contributed by atoms with van der Waals surface area (Å²) in [6, 6.07) is 27.3. The molecule has 380 valence electrons. The third kappa shape index (κ3) is 10.7. The lowest BCUT2D eigenvalue weighted by Crippen LogP contribution is -2.43. The van der Waals surface area contributed by atoms with Crippen molar-refractivity contribution in [1.29, 1.82) is 0 Å². The number of carbonyl (C=O) groups excluding carboxylic acids is 1. The zero-order valence-corrected chi connectivity index (χ0v) is 43.4. The van der Waals surface area contributed by atoms with Crippen molar-refractivity contribution in [3.05, 3.63) is 160 Å². The summed E-state index contributed by atoms with van der Waals surface area (Å²) in [4.78, 5) is 19.3. The Morgan fingerprint density at radius 2 is 1.71 bits per heavy atom. The number of phenols is 3. The molecule has 0 radical (unpaired) electrons. The predicted octanol–water partition coefficient (Wildman–Crippen LogP) is 10.4. The van der Waals surface area contributed by atoms with Crippen LogP contribution in [0.25, 0.3) is 10.8 Å². The lowest BCUT2D eigenvalue weighted by molar-refractivity contribution is -0.125. The van der Waals surface area contributed by atoms with Crippen molar-refractivity contribution in [1.82, 2.24) is 15.6 Å². The number of Topliss-reactive ketones (excluding diaryl/α,β-unsaturated/α-hetero) is 1. The number of β-amino-alcohol motifs (C(OH)–C–C–N with tert-alkyl or cyclic N) is 1. The summed E-state index contributed by atoms with van der Waals surface area (Å²) < 4.78 is 12.3. The molecule has 5 atom stereocenters. The van der Waals surface area contributed by atoms with Gasteiger partial charge in [-0.15, -0.1) is 0 Å². The molecule has 13 heteroatoms. The van der Waals surface area contributed by atoms with Gasteiger partial charge in [0.15, 0.2) is 23.0 Å². The van der Waals surface area contributed by atoms with Crippen molar-refractivity contribution in [2.24, 2.45) is 5.92 Å². The first-order valence-corrected chi connectivity index (χ1v) is 27.8. The Hall–Kier alpha value is -5.41. The molecule has 5 unspecified atom stereocenters. The first-order chi connectivity index (χ1) is 34.8. The van der Waals surface area contributed by atoms with Crippen LogP contribution in [-0.2, 0) is 47.9 Å². The van der Waals surface area contributed by atoms with Crippen LogP contribution >= 0.6 is 21.6 Å². The molecule has 72 heavy (non-hydrogen) atoms. The van der Waals surface area contributed by atoms with E-state index in [1.165, 1.54) is 27.2 Å². The molecule has 9 rings (SSSR count). The van der Waals surface area contributed by atoms with Gasteiger partial charge >= 0.3 is 0 Å². The largest absolute Gasteiger partial charge is 0.508 e. The number of ether oxygens (including phenoxy) is 2. The highest BCUT2D eigenvalue weighted by Crippen LogP contribution is 2.53. The molecule has 3 aliphatic rings. The number of allylic oxidation sites excluding steroid dienone is 1. The standard InChI is InChI=1S/C59H69N3O8S2/c1-5-38-13-14-39-11-7-8-12-46(39)47(38)30-48-40(15-17-49(64)55(48)69-4)26-42(25-37-20-24-61-33-37)51(66)31-53(67)58(43-27-44(29-45(63)28-43)59(60-3)21-9-6-10-22-59)23-19-52-54-41(32-58)16-18-50(65)56(54)70-36-62-34-57(2,68)35-71-72-52/h7-8,11-20,23-24,27-29,33,42,51-52,60-66,68H,5-6,9-10,21-22,25-26,30-32,34-36H2,1-4H3. The van der Waals surface area contributed by atoms with Crippen molar-refractivity contribution < 1.29 is 39.8 Å². The smallest absolute Gasteiger partial charge is 0.167 e. The molecular weight excluding hydrogens is 943 g/mol. The number of H-pyrrole nitrogens is 1. The number of nitrogens with one attached hydrogen (secondary N) is 3. The molecule has 11 nitrogen and oxygen atoms in total. The highest BCUT2D eigenvalue weighted by atomic mass is 33.1. The third-order valence-electron chi connectivity index (χ3n) is 15.6. The van der Waals surface area contributed by atoms with E-state index in [-0.39, 0.29) is 42.6 Å². The summed E-state index contributed by atoms with van der Waals surface area (Å²) in [5.74, 6) is 0.472. The fraction of sp³-hybridized carbons (Fsp3) is 0.407. The highest BCUT2D eigenvalue weighted by molar-refractivity contribution is 8.76. The van der Waals surface area contributed by atoms with Crippen molar-refractivity contribution in [2.75, 3.05) is 33.2 Å². The summed E-state index contributed by atoms with van der Waals surface area (Å²) in [5, 5.41) is 67.2. The highest BCUT2D eigenvalue weighted by Gasteiger charge is 2.45. The zero-order valence-electron chi connectivity index (χ0n) is 41.8. The Kier molecular flexibility index (Phi) is 15.7.